The van der Waals surface area contributed by atoms with E-state index in [2.05, 4.69) is 47.8 Å². The van der Waals surface area contributed by atoms with Crippen molar-refractivity contribution in [1.82, 2.24) is 0 Å². The van der Waals surface area contributed by atoms with Crippen LogP contribution in [0.5, 0.6) is 0 Å². The summed E-state index contributed by atoms with van der Waals surface area (Å²) in [6, 6.07) is 14.8. The number of aliphatic hydroxyl groups is 1. The first-order valence-corrected chi connectivity index (χ1v) is 6.22. The molecule has 17 heavy (non-hydrogen) atoms. The van der Waals surface area contributed by atoms with E-state index in [0.29, 0.717) is 5.92 Å². The maximum atomic E-state index is 9.23. The van der Waals surface area contributed by atoms with Gasteiger partial charge in [0.05, 0.1) is 6.10 Å². The highest BCUT2D eigenvalue weighted by molar-refractivity contribution is 5.85. The fraction of sp³-hybridized carbons (Fsp3) is 0.333. The lowest BCUT2D eigenvalue weighted by molar-refractivity contribution is 0.0487. The molecule has 0 heterocycles. The summed E-state index contributed by atoms with van der Waals surface area (Å²) >= 11 is 0. The van der Waals surface area contributed by atoms with Crippen LogP contribution < -0.4 is 5.32 Å². The van der Waals surface area contributed by atoms with Crippen LogP contribution in [0, 0.1) is 5.92 Å². The summed E-state index contributed by atoms with van der Waals surface area (Å²) in [6.07, 6.45) is 1.83. The van der Waals surface area contributed by atoms with E-state index >= 15 is 0 Å². The van der Waals surface area contributed by atoms with E-state index in [4.69, 9.17) is 0 Å². The molecule has 88 valence electrons. The zero-order valence-corrected chi connectivity index (χ0v) is 9.76. The average Bonchev–Trinajstić information content (AvgIpc) is 2.33. The van der Waals surface area contributed by atoms with Gasteiger partial charge in [0, 0.05) is 12.2 Å². The van der Waals surface area contributed by atoms with Crippen molar-refractivity contribution in [3.63, 3.8) is 0 Å². The molecule has 1 fully saturated rings. The molecule has 0 spiro atoms. The number of fused-ring (bicyclic) bond motifs is 1. The number of nitrogens with one attached hydrogen (secondary N) is 1. The lowest BCUT2D eigenvalue weighted by atomic mass is 9.82. The summed E-state index contributed by atoms with van der Waals surface area (Å²) < 4.78 is 0. The highest BCUT2D eigenvalue weighted by atomic mass is 16.3. The van der Waals surface area contributed by atoms with E-state index in [0.717, 1.165) is 19.4 Å². The van der Waals surface area contributed by atoms with Gasteiger partial charge < -0.3 is 10.4 Å². The van der Waals surface area contributed by atoms with Gasteiger partial charge in [-0.3, -0.25) is 0 Å². The van der Waals surface area contributed by atoms with Crippen molar-refractivity contribution in [2.75, 3.05) is 11.9 Å². The molecule has 0 aromatic heterocycles. The van der Waals surface area contributed by atoms with E-state index in [1.165, 1.54) is 16.5 Å². The zero-order valence-electron chi connectivity index (χ0n) is 9.76. The molecule has 2 aromatic rings. The Morgan fingerprint density at radius 3 is 2.59 bits per heavy atom. The highest BCUT2D eigenvalue weighted by Gasteiger charge is 2.26. The summed E-state index contributed by atoms with van der Waals surface area (Å²) in [4.78, 5) is 0. The summed E-state index contributed by atoms with van der Waals surface area (Å²) in [5.41, 5.74) is 1.17. The molecule has 2 N–H and O–H groups in total. The van der Waals surface area contributed by atoms with Crippen LogP contribution in [-0.2, 0) is 0 Å². The molecular weight excluding hydrogens is 210 g/mol. The Kier molecular flexibility index (Phi) is 2.73. The first kappa shape index (κ1) is 10.6. The monoisotopic (exact) mass is 227 g/mol. The summed E-state index contributed by atoms with van der Waals surface area (Å²) in [6.45, 7) is 0.968. The Balaban J connectivity index is 1.68. The van der Waals surface area contributed by atoms with Crippen LogP contribution in [0.4, 0.5) is 5.69 Å². The van der Waals surface area contributed by atoms with E-state index in [-0.39, 0.29) is 6.10 Å². The number of benzene rings is 2. The largest absolute Gasteiger partial charge is 0.393 e. The molecule has 2 heteroatoms. The molecule has 0 radical (unpaired) electrons. The molecule has 2 nitrogen and oxygen atoms in total. The van der Waals surface area contributed by atoms with E-state index < -0.39 is 0 Å². The number of hydrogen-bond acceptors (Lipinski definition) is 2. The van der Waals surface area contributed by atoms with Gasteiger partial charge in [-0.1, -0.05) is 30.3 Å². The van der Waals surface area contributed by atoms with Gasteiger partial charge in [-0.15, -0.1) is 0 Å². The third-order valence-corrected chi connectivity index (χ3v) is 3.56. The second-order valence-electron chi connectivity index (χ2n) is 4.93. The number of rotatable bonds is 3. The van der Waals surface area contributed by atoms with E-state index in [9.17, 15) is 5.11 Å². The smallest absolute Gasteiger partial charge is 0.0546 e. The summed E-state index contributed by atoms with van der Waals surface area (Å²) in [7, 11) is 0. The fourth-order valence-electron chi connectivity index (χ4n) is 2.43. The average molecular weight is 227 g/mol. The third-order valence-electron chi connectivity index (χ3n) is 3.56. The number of anilines is 1. The van der Waals surface area contributed by atoms with Gasteiger partial charge in [0.15, 0.2) is 0 Å². The SMILES string of the molecule is OC1CC(CNc2ccc3ccccc3c2)C1. The van der Waals surface area contributed by atoms with Crippen LogP contribution >= 0.6 is 0 Å². The summed E-state index contributed by atoms with van der Waals surface area (Å²) in [5, 5.41) is 15.2. The fourth-order valence-corrected chi connectivity index (χ4v) is 2.43. The van der Waals surface area contributed by atoms with Gasteiger partial charge in [0.2, 0.25) is 0 Å². The first-order valence-electron chi connectivity index (χ1n) is 6.22. The van der Waals surface area contributed by atoms with Crippen molar-refractivity contribution in [3.05, 3.63) is 42.5 Å². The molecule has 3 rings (SSSR count). The second kappa shape index (κ2) is 4.38. The van der Waals surface area contributed by atoms with Crippen LogP contribution in [0.2, 0.25) is 0 Å². The molecule has 0 amide bonds. The normalized spacial score (nSPS) is 23.4. The van der Waals surface area contributed by atoms with Crippen LogP contribution in [-0.4, -0.2) is 17.8 Å². The predicted octanol–water partition coefficient (Wildman–Crippen LogP) is 3.02. The molecule has 1 aliphatic rings. The standard InChI is InChI=1S/C15H17NO/c17-15-7-11(8-15)10-16-14-6-5-12-3-1-2-4-13(12)9-14/h1-6,9,11,15-17H,7-8,10H2. The zero-order chi connectivity index (χ0) is 11.7. The minimum Gasteiger partial charge on any atom is -0.393 e. The quantitative estimate of drug-likeness (QED) is 0.844. The Labute approximate surface area is 101 Å². The van der Waals surface area contributed by atoms with Crippen LogP contribution in [0.3, 0.4) is 0 Å². The van der Waals surface area contributed by atoms with Crippen LogP contribution in [0.15, 0.2) is 42.5 Å². The van der Waals surface area contributed by atoms with Gasteiger partial charge in [-0.05, 0) is 41.7 Å². The maximum Gasteiger partial charge on any atom is 0.0546 e. The van der Waals surface area contributed by atoms with Gasteiger partial charge >= 0.3 is 0 Å². The Morgan fingerprint density at radius 1 is 1.06 bits per heavy atom. The molecule has 0 saturated heterocycles. The number of aliphatic hydroxyl groups excluding tert-OH is 1. The van der Waals surface area contributed by atoms with E-state index in [1.54, 1.807) is 0 Å². The van der Waals surface area contributed by atoms with Crippen molar-refractivity contribution >= 4 is 16.5 Å². The van der Waals surface area contributed by atoms with Gasteiger partial charge in [0.1, 0.15) is 0 Å². The highest BCUT2D eigenvalue weighted by Crippen LogP contribution is 2.27. The molecule has 0 unspecified atom stereocenters. The second-order valence-corrected chi connectivity index (χ2v) is 4.93. The lowest BCUT2D eigenvalue weighted by Gasteiger charge is -2.31. The molecule has 0 aliphatic heterocycles. The van der Waals surface area contributed by atoms with Crippen molar-refractivity contribution in [2.24, 2.45) is 5.92 Å². The molecule has 2 aromatic carbocycles. The van der Waals surface area contributed by atoms with E-state index in [1.807, 2.05) is 0 Å². The molecule has 1 saturated carbocycles. The van der Waals surface area contributed by atoms with Crippen LogP contribution in [0.1, 0.15) is 12.8 Å². The number of hydrogen-bond donors (Lipinski definition) is 2. The van der Waals surface area contributed by atoms with Crippen molar-refractivity contribution in [2.45, 2.75) is 18.9 Å². The minimum absolute atomic E-state index is 0.0570. The molecular formula is C15H17NO. The predicted molar refractivity (Wildman–Crippen MR) is 71.2 cm³/mol. The Morgan fingerprint density at radius 2 is 1.82 bits per heavy atom. The van der Waals surface area contributed by atoms with Gasteiger partial charge in [-0.25, -0.2) is 0 Å². The lowest BCUT2D eigenvalue weighted by Crippen LogP contribution is -2.33. The molecule has 0 atom stereocenters. The van der Waals surface area contributed by atoms with Crippen LogP contribution in [0.25, 0.3) is 10.8 Å². The summed E-state index contributed by atoms with van der Waals surface area (Å²) in [5.74, 6) is 0.636. The van der Waals surface area contributed by atoms with Crippen molar-refractivity contribution in [3.8, 4) is 0 Å². The first-order chi connectivity index (χ1) is 8.31. The third kappa shape index (κ3) is 2.27. The maximum absolute atomic E-state index is 9.23. The van der Waals surface area contributed by atoms with Gasteiger partial charge in [-0.2, -0.15) is 0 Å². The molecule has 0 bridgehead atoms. The van der Waals surface area contributed by atoms with Crippen molar-refractivity contribution in [1.29, 1.82) is 0 Å². The van der Waals surface area contributed by atoms with Gasteiger partial charge in [0.25, 0.3) is 0 Å². The Bertz CT molecular complexity index is 517. The molecule has 1 aliphatic carbocycles. The topological polar surface area (TPSA) is 32.3 Å². The Hall–Kier alpha value is -1.54. The van der Waals surface area contributed by atoms with Crippen molar-refractivity contribution < 1.29 is 5.11 Å². The minimum atomic E-state index is -0.0570.